The van der Waals surface area contributed by atoms with Crippen LogP contribution in [-0.2, 0) is 11.3 Å². The summed E-state index contributed by atoms with van der Waals surface area (Å²) in [5.74, 6) is -0.986. The summed E-state index contributed by atoms with van der Waals surface area (Å²) in [4.78, 5) is 28.2. The van der Waals surface area contributed by atoms with Crippen molar-refractivity contribution in [3.8, 4) is 0 Å². The summed E-state index contributed by atoms with van der Waals surface area (Å²) in [6, 6.07) is -0.139. The molecule has 1 aromatic heterocycles. The molecule has 0 aromatic carbocycles. The highest BCUT2D eigenvalue weighted by atomic mass is 32.1. The van der Waals surface area contributed by atoms with Crippen LogP contribution in [0.4, 0.5) is 4.79 Å². The van der Waals surface area contributed by atoms with Gasteiger partial charge in [0.2, 0.25) is 0 Å². The second kappa shape index (κ2) is 6.89. The van der Waals surface area contributed by atoms with Crippen molar-refractivity contribution in [1.82, 2.24) is 15.6 Å². The molecule has 0 spiro atoms. The summed E-state index contributed by atoms with van der Waals surface area (Å²) >= 11 is 1.59. The number of carboxylic acid groups (broad SMARTS) is 1. The second-order valence-corrected chi connectivity index (χ2v) is 6.75. The van der Waals surface area contributed by atoms with E-state index in [2.05, 4.69) is 15.6 Å². The first-order valence-electron chi connectivity index (χ1n) is 7.15. The number of rotatable bonds is 4. The number of urea groups is 1. The van der Waals surface area contributed by atoms with Crippen LogP contribution in [0, 0.1) is 19.8 Å². The number of aromatic nitrogens is 1. The van der Waals surface area contributed by atoms with E-state index in [1.165, 1.54) is 4.88 Å². The molecule has 2 rings (SSSR count). The molecule has 1 heterocycles. The lowest BCUT2D eigenvalue weighted by Crippen LogP contribution is -2.43. The fourth-order valence-corrected chi connectivity index (χ4v) is 3.37. The third-order valence-electron chi connectivity index (χ3n) is 3.88. The van der Waals surface area contributed by atoms with Gasteiger partial charge in [-0.1, -0.05) is 0 Å². The maximum absolute atomic E-state index is 11.8. The lowest BCUT2D eigenvalue weighted by molar-refractivity contribution is -0.142. The summed E-state index contributed by atoms with van der Waals surface area (Å²) < 4.78 is 0. The topological polar surface area (TPSA) is 91.3 Å². The lowest BCUT2D eigenvalue weighted by Gasteiger charge is -2.26. The fraction of sp³-hybridized carbons (Fsp3) is 0.643. The Morgan fingerprint density at radius 1 is 1.29 bits per heavy atom. The van der Waals surface area contributed by atoms with Crippen molar-refractivity contribution in [2.45, 2.75) is 52.1 Å². The highest BCUT2D eigenvalue weighted by molar-refractivity contribution is 7.11. The number of aryl methyl sites for hydroxylation is 2. The van der Waals surface area contributed by atoms with Gasteiger partial charge in [0.05, 0.1) is 18.2 Å². The Hall–Kier alpha value is -1.63. The van der Waals surface area contributed by atoms with E-state index in [1.807, 2.05) is 13.8 Å². The molecule has 0 radical (unpaired) electrons. The van der Waals surface area contributed by atoms with Crippen LogP contribution in [0.15, 0.2) is 0 Å². The van der Waals surface area contributed by atoms with Crippen molar-refractivity contribution < 1.29 is 14.7 Å². The number of nitrogens with one attached hydrogen (secondary N) is 2. The van der Waals surface area contributed by atoms with Crippen LogP contribution in [0.5, 0.6) is 0 Å². The zero-order chi connectivity index (χ0) is 15.4. The molecule has 0 bridgehead atoms. The molecule has 1 aliphatic carbocycles. The number of amides is 2. The Morgan fingerprint density at radius 3 is 2.48 bits per heavy atom. The van der Waals surface area contributed by atoms with Crippen molar-refractivity contribution in [2.24, 2.45) is 5.92 Å². The number of thiazole rings is 1. The Bertz CT molecular complexity index is 502. The van der Waals surface area contributed by atoms with Crippen LogP contribution in [0.3, 0.4) is 0 Å². The first-order valence-corrected chi connectivity index (χ1v) is 7.97. The number of nitrogens with zero attached hydrogens (tertiary/aromatic N) is 1. The molecule has 116 valence electrons. The highest BCUT2D eigenvalue weighted by Crippen LogP contribution is 2.24. The van der Waals surface area contributed by atoms with Crippen molar-refractivity contribution in [3.05, 3.63) is 15.6 Å². The first kappa shape index (κ1) is 15.8. The zero-order valence-corrected chi connectivity index (χ0v) is 13.1. The predicted octanol–water partition coefficient (Wildman–Crippen LogP) is 2.20. The summed E-state index contributed by atoms with van der Waals surface area (Å²) in [5, 5.41) is 15.5. The largest absolute Gasteiger partial charge is 0.481 e. The summed E-state index contributed by atoms with van der Waals surface area (Å²) in [7, 11) is 0. The normalized spacial score (nSPS) is 21.8. The molecule has 21 heavy (non-hydrogen) atoms. The van der Waals surface area contributed by atoms with Crippen molar-refractivity contribution in [1.29, 1.82) is 0 Å². The first-order chi connectivity index (χ1) is 9.95. The van der Waals surface area contributed by atoms with Gasteiger partial charge in [-0.3, -0.25) is 4.79 Å². The smallest absolute Gasteiger partial charge is 0.315 e. The molecule has 0 saturated heterocycles. The van der Waals surface area contributed by atoms with Crippen LogP contribution in [-0.4, -0.2) is 28.1 Å². The predicted molar refractivity (Wildman–Crippen MR) is 80.3 cm³/mol. The minimum absolute atomic E-state index is 0.0698. The third kappa shape index (κ3) is 4.42. The van der Waals surface area contributed by atoms with Crippen molar-refractivity contribution >= 4 is 23.3 Å². The molecule has 1 aliphatic rings. The third-order valence-corrected chi connectivity index (χ3v) is 4.96. The number of carbonyl (C=O) groups is 2. The standard InChI is InChI=1S/C14H21N3O3S/c1-8-9(2)21-12(16-8)7-15-14(20)17-11-5-3-10(4-6-11)13(18)19/h10-11H,3-7H2,1-2H3,(H,18,19)(H2,15,17,20). The second-order valence-electron chi connectivity index (χ2n) is 5.46. The average Bonchev–Trinajstić information content (AvgIpc) is 2.76. The number of carbonyl (C=O) groups excluding carboxylic acids is 1. The minimum atomic E-state index is -0.729. The van der Waals surface area contributed by atoms with Crippen LogP contribution in [0.25, 0.3) is 0 Å². The molecule has 6 nitrogen and oxygen atoms in total. The van der Waals surface area contributed by atoms with E-state index in [0.717, 1.165) is 23.5 Å². The highest BCUT2D eigenvalue weighted by Gasteiger charge is 2.26. The van der Waals surface area contributed by atoms with Gasteiger partial charge in [0.15, 0.2) is 0 Å². The molecular weight excluding hydrogens is 290 g/mol. The molecule has 1 fully saturated rings. The van der Waals surface area contributed by atoms with Gasteiger partial charge in [-0.05, 0) is 39.5 Å². The molecule has 7 heteroatoms. The minimum Gasteiger partial charge on any atom is -0.481 e. The van der Waals surface area contributed by atoms with Gasteiger partial charge in [0.25, 0.3) is 0 Å². The van der Waals surface area contributed by atoms with Gasteiger partial charge in [0, 0.05) is 10.9 Å². The molecule has 0 atom stereocenters. The SMILES string of the molecule is Cc1nc(CNC(=O)NC2CCC(C(=O)O)CC2)sc1C. The Morgan fingerprint density at radius 2 is 1.95 bits per heavy atom. The Labute approximate surface area is 128 Å². The lowest BCUT2D eigenvalue weighted by atomic mass is 9.86. The van der Waals surface area contributed by atoms with Gasteiger partial charge in [-0.25, -0.2) is 9.78 Å². The van der Waals surface area contributed by atoms with Crippen LogP contribution in [0.1, 0.15) is 41.3 Å². The molecule has 0 unspecified atom stereocenters. The number of carboxylic acids is 1. The number of hydrogen-bond acceptors (Lipinski definition) is 4. The van der Waals surface area contributed by atoms with E-state index >= 15 is 0 Å². The zero-order valence-electron chi connectivity index (χ0n) is 12.3. The summed E-state index contributed by atoms with van der Waals surface area (Å²) in [6.07, 6.45) is 2.70. The molecule has 3 N–H and O–H groups in total. The summed E-state index contributed by atoms with van der Waals surface area (Å²) in [5.41, 5.74) is 1.00. The molecule has 0 aliphatic heterocycles. The van der Waals surface area contributed by atoms with E-state index in [9.17, 15) is 9.59 Å². The van der Waals surface area contributed by atoms with E-state index in [4.69, 9.17) is 5.11 Å². The Kier molecular flexibility index (Phi) is 5.17. The monoisotopic (exact) mass is 311 g/mol. The molecule has 1 aromatic rings. The van der Waals surface area contributed by atoms with Crippen molar-refractivity contribution in [2.75, 3.05) is 0 Å². The molecular formula is C14H21N3O3S. The average molecular weight is 311 g/mol. The molecule has 1 saturated carbocycles. The number of hydrogen-bond donors (Lipinski definition) is 3. The van der Waals surface area contributed by atoms with Crippen LogP contribution >= 0.6 is 11.3 Å². The van der Waals surface area contributed by atoms with E-state index < -0.39 is 5.97 Å². The van der Waals surface area contributed by atoms with E-state index in [0.29, 0.717) is 19.4 Å². The van der Waals surface area contributed by atoms with Crippen molar-refractivity contribution in [3.63, 3.8) is 0 Å². The Balaban J connectivity index is 1.71. The van der Waals surface area contributed by atoms with Crippen LogP contribution in [0.2, 0.25) is 0 Å². The summed E-state index contributed by atoms with van der Waals surface area (Å²) in [6.45, 7) is 4.39. The van der Waals surface area contributed by atoms with Gasteiger partial charge in [-0.15, -0.1) is 11.3 Å². The number of aliphatic carboxylic acids is 1. The maximum Gasteiger partial charge on any atom is 0.315 e. The van der Waals surface area contributed by atoms with Gasteiger partial charge in [0.1, 0.15) is 5.01 Å². The fourth-order valence-electron chi connectivity index (χ4n) is 2.49. The molecule has 2 amide bonds. The van der Waals surface area contributed by atoms with Gasteiger partial charge < -0.3 is 15.7 Å². The van der Waals surface area contributed by atoms with Crippen LogP contribution < -0.4 is 10.6 Å². The van der Waals surface area contributed by atoms with Gasteiger partial charge in [-0.2, -0.15) is 0 Å². The van der Waals surface area contributed by atoms with E-state index in [1.54, 1.807) is 11.3 Å². The maximum atomic E-state index is 11.8. The quantitative estimate of drug-likeness (QED) is 0.795. The van der Waals surface area contributed by atoms with E-state index in [-0.39, 0.29) is 18.0 Å². The van der Waals surface area contributed by atoms with Gasteiger partial charge >= 0.3 is 12.0 Å².